The van der Waals surface area contributed by atoms with Gasteiger partial charge in [0, 0.05) is 12.6 Å². The van der Waals surface area contributed by atoms with E-state index in [1.807, 2.05) is 13.8 Å². The molecule has 0 spiro atoms. The predicted molar refractivity (Wildman–Crippen MR) is 68.5 cm³/mol. The number of aromatic hydroxyl groups is 2. The molecule has 100 valence electrons. The number of carbonyl (C=O) groups is 1. The Hall–Kier alpha value is -1.95. The molecule has 0 atom stereocenters. The smallest absolute Gasteiger partial charge is 0.273 e. The van der Waals surface area contributed by atoms with Crippen molar-refractivity contribution in [3.8, 4) is 11.5 Å². The molecule has 0 aliphatic rings. The summed E-state index contributed by atoms with van der Waals surface area (Å²) in [6, 6.07) is 2.26. The first-order valence-electron chi connectivity index (χ1n) is 5.17. The number of carbonyl (C=O) groups excluding carboxylic acids is 1. The van der Waals surface area contributed by atoms with Crippen LogP contribution >= 0.6 is 11.6 Å². The lowest BCUT2D eigenvalue weighted by molar-refractivity contribution is -0.114. The van der Waals surface area contributed by atoms with E-state index < -0.39 is 17.4 Å². The molecule has 7 heteroatoms. The molecule has 0 unspecified atom stereocenters. The van der Waals surface area contributed by atoms with Crippen LogP contribution in [0.25, 0.3) is 0 Å². The lowest BCUT2D eigenvalue weighted by Gasteiger charge is -2.06. The first-order valence-corrected chi connectivity index (χ1v) is 5.55. The summed E-state index contributed by atoms with van der Waals surface area (Å²) in [5, 5.41) is 32.0. The minimum absolute atomic E-state index is 0.0853. The van der Waals surface area contributed by atoms with Crippen molar-refractivity contribution in [1.82, 2.24) is 5.32 Å². The van der Waals surface area contributed by atoms with Crippen LogP contribution in [-0.4, -0.2) is 34.1 Å². The van der Waals surface area contributed by atoms with Gasteiger partial charge in [0.15, 0.2) is 17.2 Å². The maximum absolute atomic E-state index is 11.3. The number of halogens is 1. The van der Waals surface area contributed by atoms with E-state index in [1.165, 1.54) is 13.1 Å². The number of phenolic OH excluding ortho intramolecular Hbond substituents is 2. The van der Waals surface area contributed by atoms with Gasteiger partial charge in [-0.15, -0.1) is 0 Å². The third-order valence-electron chi connectivity index (χ3n) is 1.86. The van der Waals surface area contributed by atoms with Crippen molar-refractivity contribution in [2.24, 2.45) is 5.16 Å². The summed E-state index contributed by atoms with van der Waals surface area (Å²) < 4.78 is 0. The van der Waals surface area contributed by atoms with Gasteiger partial charge in [-0.3, -0.25) is 4.79 Å². The molecule has 18 heavy (non-hydrogen) atoms. The van der Waals surface area contributed by atoms with Crippen LogP contribution in [0.1, 0.15) is 19.4 Å². The molecule has 0 saturated carbocycles. The molecule has 0 aliphatic heterocycles. The van der Waals surface area contributed by atoms with Crippen molar-refractivity contribution < 1.29 is 20.2 Å². The van der Waals surface area contributed by atoms with Crippen molar-refractivity contribution in [3.63, 3.8) is 0 Å². The van der Waals surface area contributed by atoms with Crippen LogP contribution in [0.5, 0.6) is 11.5 Å². The number of hydrogen-bond donors (Lipinski definition) is 4. The predicted octanol–water partition coefficient (Wildman–Crippen LogP) is 1.70. The highest BCUT2D eigenvalue weighted by Gasteiger charge is 2.17. The highest BCUT2D eigenvalue weighted by atomic mass is 35.5. The second-order valence-electron chi connectivity index (χ2n) is 2.85. The lowest BCUT2D eigenvalue weighted by atomic mass is 10.1. The molecule has 0 aromatic heterocycles. The molecule has 0 radical (unpaired) electrons. The van der Waals surface area contributed by atoms with Gasteiger partial charge in [-0.2, -0.15) is 0 Å². The number of nitrogens with one attached hydrogen (secondary N) is 1. The second-order valence-corrected chi connectivity index (χ2v) is 3.26. The number of hydrogen-bond acceptors (Lipinski definition) is 5. The van der Waals surface area contributed by atoms with Crippen molar-refractivity contribution in [2.45, 2.75) is 13.8 Å². The summed E-state index contributed by atoms with van der Waals surface area (Å²) in [7, 11) is 1.36. The zero-order valence-corrected chi connectivity index (χ0v) is 11.0. The van der Waals surface area contributed by atoms with Crippen LogP contribution in [0.15, 0.2) is 17.3 Å². The van der Waals surface area contributed by atoms with Crippen LogP contribution in [0.4, 0.5) is 0 Å². The van der Waals surface area contributed by atoms with Crippen molar-refractivity contribution in [1.29, 1.82) is 0 Å². The Morgan fingerprint density at radius 1 is 1.33 bits per heavy atom. The highest BCUT2D eigenvalue weighted by Crippen LogP contribution is 2.34. The molecule has 0 aliphatic carbocycles. The number of benzene rings is 1. The Balaban J connectivity index is 0.00000137. The third kappa shape index (κ3) is 3.53. The Morgan fingerprint density at radius 2 is 1.89 bits per heavy atom. The summed E-state index contributed by atoms with van der Waals surface area (Å²) in [6.45, 7) is 4.00. The molecule has 1 aromatic carbocycles. The van der Waals surface area contributed by atoms with Gasteiger partial charge < -0.3 is 20.7 Å². The zero-order valence-electron chi connectivity index (χ0n) is 10.2. The quantitative estimate of drug-likeness (QED) is 0.285. The average molecular weight is 275 g/mol. The molecule has 6 nitrogen and oxygen atoms in total. The van der Waals surface area contributed by atoms with Crippen LogP contribution in [-0.2, 0) is 4.79 Å². The molecular weight excluding hydrogens is 260 g/mol. The molecule has 0 saturated heterocycles. The summed E-state index contributed by atoms with van der Waals surface area (Å²) in [5.41, 5.74) is -0.234. The Bertz CT molecular complexity index is 437. The van der Waals surface area contributed by atoms with Gasteiger partial charge in [0.25, 0.3) is 5.91 Å². The Labute approximate surface area is 110 Å². The topological polar surface area (TPSA) is 102 Å². The maximum atomic E-state index is 11.3. The standard InChI is InChI=1S/C9H9ClN2O4.C2H6/c1-11-9(15)7(12-16)4-2-5(10)8(14)6(13)3-4;1-2/h2-3,13-14,16H,1H3,(H,11,15);1-2H3/b12-7-;. The lowest BCUT2D eigenvalue weighted by Crippen LogP contribution is -2.28. The van der Waals surface area contributed by atoms with Crippen LogP contribution < -0.4 is 5.32 Å². The molecule has 0 bridgehead atoms. The molecular formula is C11H15ClN2O4. The number of oxime groups is 1. The van der Waals surface area contributed by atoms with Gasteiger partial charge in [0.05, 0.1) is 5.02 Å². The Morgan fingerprint density at radius 3 is 2.28 bits per heavy atom. The van der Waals surface area contributed by atoms with E-state index in [0.717, 1.165) is 6.07 Å². The number of rotatable bonds is 2. The Kier molecular flexibility index (Phi) is 6.59. The number of amides is 1. The molecule has 1 amide bonds. The third-order valence-corrected chi connectivity index (χ3v) is 2.15. The number of likely N-dealkylation sites (N-methyl/N-ethyl adjacent to an activating group) is 1. The second kappa shape index (κ2) is 7.39. The summed E-state index contributed by atoms with van der Waals surface area (Å²) in [4.78, 5) is 11.3. The van der Waals surface area contributed by atoms with Crippen LogP contribution in [0.3, 0.4) is 0 Å². The first-order chi connectivity index (χ1) is 8.51. The van der Waals surface area contributed by atoms with E-state index >= 15 is 0 Å². The fourth-order valence-corrected chi connectivity index (χ4v) is 1.29. The van der Waals surface area contributed by atoms with Crippen molar-refractivity contribution in [2.75, 3.05) is 7.05 Å². The van der Waals surface area contributed by atoms with Gasteiger partial charge in [0.2, 0.25) is 0 Å². The van der Waals surface area contributed by atoms with E-state index in [0.29, 0.717) is 0 Å². The molecule has 1 rings (SSSR count). The molecule has 1 aromatic rings. The van der Waals surface area contributed by atoms with E-state index in [-0.39, 0.29) is 16.3 Å². The zero-order chi connectivity index (χ0) is 14.3. The minimum atomic E-state index is -0.649. The summed E-state index contributed by atoms with van der Waals surface area (Å²) in [6.07, 6.45) is 0. The van der Waals surface area contributed by atoms with Gasteiger partial charge >= 0.3 is 0 Å². The molecule has 0 fully saturated rings. The van der Waals surface area contributed by atoms with Gasteiger partial charge in [-0.05, 0) is 12.1 Å². The van der Waals surface area contributed by atoms with E-state index in [4.69, 9.17) is 16.8 Å². The SMILES string of the molecule is CC.CNC(=O)/C(=N\O)c1cc(O)c(O)c(Cl)c1. The monoisotopic (exact) mass is 274 g/mol. The van der Waals surface area contributed by atoms with Crippen molar-refractivity contribution in [3.05, 3.63) is 22.7 Å². The van der Waals surface area contributed by atoms with E-state index in [1.54, 1.807) is 0 Å². The fourth-order valence-electron chi connectivity index (χ4n) is 1.07. The van der Waals surface area contributed by atoms with Crippen LogP contribution in [0, 0.1) is 0 Å². The largest absolute Gasteiger partial charge is 0.504 e. The fraction of sp³-hybridized carbons (Fsp3) is 0.273. The normalized spacial score (nSPS) is 10.3. The van der Waals surface area contributed by atoms with Crippen molar-refractivity contribution >= 4 is 23.2 Å². The highest BCUT2D eigenvalue weighted by molar-refractivity contribution is 6.45. The molecule has 4 N–H and O–H groups in total. The van der Waals surface area contributed by atoms with Gasteiger partial charge in [0.1, 0.15) is 0 Å². The summed E-state index contributed by atoms with van der Waals surface area (Å²) >= 11 is 5.59. The first kappa shape index (κ1) is 16.1. The minimum Gasteiger partial charge on any atom is -0.504 e. The van der Waals surface area contributed by atoms with E-state index in [9.17, 15) is 15.0 Å². The maximum Gasteiger partial charge on any atom is 0.273 e. The average Bonchev–Trinajstić information content (AvgIpc) is 2.38. The van der Waals surface area contributed by atoms with Gasteiger partial charge in [-0.1, -0.05) is 30.6 Å². The van der Waals surface area contributed by atoms with Gasteiger partial charge in [-0.25, -0.2) is 0 Å². The number of phenols is 2. The van der Waals surface area contributed by atoms with E-state index in [2.05, 4.69) is 10.5 Å². The van der Waals surface area contributed by atoms with Crippen LogP contribution in [0.2, 0.25) is 5.02 Å². The number of nitrogens with zero attached hydrogens (tertiary/aromatic N) is 1. The summed E-state index contributed by atoms with van der Waals surface area (Å²) in [5.74, 6) is -1.66. The molecule has 0 heterocycles.